The highest BCUT2D eigenvalue weighted by atomic mass is 35.5. The van der Waals surface area contributed by atoms with Gasteiger partial charge in [0, 0.05) is 6.54 Å². The van der Waals surface area contributed by atoms with Gasteiger partial charge in [0.1, 0.15) is 10.8 Å². The van der Waals surface area contributed by atoms with Crippen LogP contribution in [0.3, 0.4) is 0 Å². The summed E-state index contributed by atoms with van der Waals surface area (Å²) >= 11 is 11.9. The summed E-state index contributed by atoms with van der Waals surface area (Å²) in [5, 5.41) is 3.49. The highest BCUT2D eigenvalue weighted by Crippen LogP contribution is 2.31. The number of carbonyl (C=O) groups is 1. The maximum atomic E-state index is 11.8. The number of nitrogens with two attached hydrogens (primary N) is 1. The Hall–Kier alpha value is -0.970. The van der Waals surface area contributed by atoms with Crippen LogP contribution in [-0.2, 0) is 4.79 Å². The van der Waals surface area contributed by atoms with Crippen LogP contribution in [-0.4, -0.2) is 25.1 Å². The van der Waals surface area contributed by atoms with Crippen LogP contribution in [0.15, 0.2) is 18.2 Å². The maximum Gasteiger partial charge on any atom is 0.260 e. The smallest absolute Gasteiger partial charge is 0.260 e. The monoisotopic (exact) mass is 304 g/mol. The zero-order valence-electron chi connectivity index (χ0n) is 10.8. The van der Waals surface area contributed by atoms with Crippen molar-refractivity contribution in [1.29, 1.82) is 0 Å². The van der Waals surface area contributed by atoms with Crippen molar-refractivity contribution < 1.29 is 9.53 Å². The summed E-state index contributed by atoms with van der Waals surface area (Å²) in [4.78, 5) is 11.8. The molecule has 1 aromatic rings. The van der Waals surface area contributed by atoms with E-state index >= 15 is 0 Å². The number of nitrogens with one attached hydrogen (secondary N) is 1. The van der Waals surface area contributed by atoms with Gasteiger partial charge in [-0.05, 0) is 38.4 Å². The van der Waals surface area contributed by atoms with Crippen molar-refractivity contribution in [1.82, 2.24) is 5.32 Å². The van der Waals surface area contributed by atoms with E-state index in [2.05, 4.69) is 5.32 Å². The third-order valence-electron chi connectivity index (χ3n) is 2.52. The molecule has 0 fully saturated rings. The van der Waals surface area contributed by atoms with E-state index in [1.165, 1.54) is 0 Å². The van der Waals surface area contributed by atoms with Crippen molar-refractivity contribution in [3.8, 4) is 5.75 Å². The minimum absolute atomic E-state index is 0.187. The fourth-order valence-corrected chi connectivity index (χ4v) is 1.78. The Morgan fingerprint density at radius 3 is 2.84 bits per heavy atom. The first kappa shape index (κ1) is 16.1. The predicted molar refractivity (Wildman–Crippen MR) is 77.9 cm³/mol. The Morgan fingerprint density at radius 2 is 2.16 bits per heavy atom. The van der Waals surface area contributed by atoms with Crippen LogP contribution < -0.4 is 15.8 Å². The van der Waals surface area contributed by atoms with Crippen molar-refractivity contribution in [3.05, 3.63) is 28.2 Å². The standard InChI is InChI=1S/C13H18Cl2N2O2/c1-9(13(18)17-8-3-2-7-16)19-11-6-4-5-10(14)12(11)15/h4-6,9H,2-3,7-8,16H2,1H3,(H,17,18). The summed E-state index contributed by atoms with van der Waals surface area (Å²) in [6.07, 6.45) is 1.11. The molecule has 0 aliphatic heterocycles. The fourth-order valence-electron chi connectivity index (χ4n) is 1.44. The molecular formula is C13H18Cl2N2O2. The zero-order valence-corrected chi connectivity index (χ0v) is 12.3. The first-order valence-electron chi connectivity index (χ1n) is 6.14. The molecule has 19 heavy (non-hydrogen) atoms. The molecule has 0 aliphatic carbocycles. The first-order chi connectivity index (χ1) is 9.06. The van der Waals surface area contributed by atoms with Crippen LogP contribution in [0.1, 0.15) is 19.8 Å². The van der Waals surface area contributed by atoms with Gasteiger partial charge < -0.3 is 15.8 Å². The Morgan fingerprint density at radius 1 is 1.42 bits per heavy atom. The van der Waals surface area contributed by atoms with E-state index < -0.39 is 6.10 Å². The number of rotatable bonds is 7. The van der Waals surface area contributed by atoms with E-state index in [1.807, 2.05) is 0 Å². The van der Waals surface area contributed by atoms with Crippen LogP contribution in [0.25, 0.3) is 0 Å². The van der Waals surface area contributed by atoms with E-state index in [4.69, 9.17) is 33.7 Å². The summed E-state index contributed by atoms with van der Waals surface area (Å²) < 4.78 is 5.49. The second kappa shape index (κ2) is 8.25. The Kier molecular flexibility index (Phi) is 6.99. The Balaban J connectivity index is 2.47. The van der Waals surface area contributed by atoms with E-state index in [1.54, 1.807) is 25.1 Å². The molecule has 1 aromatic carbocycles. The van der Waals surface area contributed by atoms with Crippen molar-refractivity contribution in [2.45, 2.75) is 25.9 Å². The number of hydrogen-bond acceptors (Lipinski definition) is 3. The molecule has 6 heteroatoms. The van der Waals surface area contributed by atoms with Crippen LogP contribution in [0.5, 0.6) is 5.75 Å². The largest absolute Gasteiger partial charge is 0.479 e. The molecule has 0 bridgehead atoms. The summed E-state index contributed by atoms with van der Waals surface area (Å²) in [6, 6.07) is 5.05. The lowest BCUT2D eigenvalue weighted by atomic mass is 10.3. The molecule has 1 amide bonds. The number of ether oxygens (including phenoxy) is 1. The highest BCUT2D eigenvalue weighted by molar-refractivity contribution is 6.42. The minimum atomic E-state index is -0.631. The number of halogens is 2. The number of unbranched alkanes of at least 4 members (excludes halogenated alkanes) is 1. The van der Waals surface area contributed by atoms with Crippen LogP contribution in [0, 0.1) is 0 Å². The number of hydrogen-bond donors (Lipinski definition) is 2. The quantitative estimate of drug-likeness (QED) is 0.761. The molecule has 4 nitrogen and oxygen atoms in total. The van der Waals surface area contributed by atoms with Gasteiger partial charge in [0.15, 0.2) is 6.10 Å². The second-order valence-electron chi connectivity index (χ2n) is 4.10. The predicted octanol–water partition coefficient (Wildman–Crippen LogP) is 2.62. The van der Waals surface area contributed by atoms with Gasteiger partial charge in [-0.15, -0.1) is 0 Å². The van der Waals surface area contributed by atoms with E-state index in [9.17, 15) is 4.79 Å². The molecule has 0 spiro atoms. The van der Waals surface area contributed by atoms with Gasteiger partial charge in [-0.1, -0.05) is 29.3 Å². The van der Waals surface area contributed by atoms with Crippen molar-refractivity contribution in [3.63, 3.8) is 0 Å². The molecule has 1 unspecified atom stereocenters. The topological polar surface area (TPSA) is 64.3 Å². The average molecular weight is 305 g/mol. The molecule has 3 N–H and O–H groups in total. The molecular weight excluding hydrogens is 287 g/mol. The summed E-state index contributed by atoms with van der Waals surface area (Å²) in [5.74, 6) is 0.215. The van der Waals surface area contributed by atoms with Crippen molar-refractivity contribution in [2.24, 2.45) is 5.73 Å². The zero-order chi connectivity index (χ0) is 14.3. The van der Waals surface area contributed by atoms with Gasteiger partial charge in [-0.2, -0.15) is 0 Å². The molecule has 0 aromatic heterocycles. The van der Waals surface area contributed by atoms with Crippen LogP contribution >= 0.6 is 23.2 Å². The van der Waals surface area contributed by atoms with Crippen molar-refractivity contribution in [2.75, 3.05) is 13.1 Å². The average Bonchev–Trinajstić information content (AvgIpc) is 2.39. The maximum absolute atomic E-state index is 11.8. The molecule has 0 aliphatic rings. The van der Waals surface area contributed by atoms with Gasteiger partial charge in [0.2, 0.25) is 0 Å². The Bertz CT molecular complexity index is 427. The van der Waals surface area contributed by atoms with Gasteiger partial charge in [0.25, 0.3) is 5.91 Å². The van der Waals surface area contributed by atoms with E-state index in [0.717, 1.165) is 12.8 Å². The SMILES string of the molecule is CC(Oc1cccc(Cl)c1Cl)C(=O)NCCCCN. The third-order valence-corrected chi connectivity index (χ3v) is 3.32. The molecule has 0 saturated heterocycles. The highest BCUT2D eigenvalue weighted by Gasteiger charge is 2.16. The van der Waals surface area contributed by atoms with E-state index in [0.29, 0.717) is 28.9 Å². The summed E-state index contributed by atoms with van der Waals surface area (Å²) in [6.45, 7) is 2.88. The van der Waals surface area contributed by atoms with Gasteiger partial charge >= 0.3 is 0 Å². The molecule has 0 saturated carbocycles. The van der Waals surface area contributed by atoms with Gasteiger partial charge in [-0.3, -0.25) is 4.79 Å². The summed E-state index contributed by atoms with van der Waals surface area (Å²) in [5.41, 5.74) is 5.37. The molecule has 1 atom stereocenters. The number of carbonyl (C=O) groups excluding carboxylic acids is 1. The normalized spacial score (nSPS) is 12.0. The third kappa shape index (κ3) is 5.27. The van der Waals surface area contributed by atoms with Gasteiger partial charge in [0.05, 0.1) is 5.02 Å². The summed E-state index contributed by atoms with van der Waals surface area (Å²) in [7, 11) is 0. The molecule has 1 rings (SSSR count). The Labute approximate surface area is 123 Å². The van der Waals surface area contributed by atoms with E-state index in [-0.39, 0.29) is 5.91 Å². The minimum Gasteiger partial charge on any atom is -0.479 e. The lowest BCUT2D eigenvalue weighted by molar-refractivity contribution is -0.127. The molecule has 106 valence electrons. The number of benzene rings is 1. The first-order valence-corrected chi connectivity index (χ1v) is 6.90. The number of amides is 1. The van der Waals surface area contributed by atoms with Crippen molar-refractivity contribution >= 4 is 29.1 Å². The molecule has 0 heterocycles. The lowest BCUT2D eigenvalue weighted by Gasteiger charge is -2.15. The second-order valence-corrected chi connectivity index (χ2v) is 4.88. The fraction of sp³-hybridized carbons (Fsp3) is 0.462. The van der Waals surface area contributed by atoms with Crippen LogP contribution in [0.4, 0.5) is 0 Å². The lowest BCUT2D eigenvalue weighted by Crippen LogP contribution is -2.37. The van der Waals surface area contributed by atoms with Crippen LogP contribution in [0.2, 0.25) is 10.0 Å². The molecule has 0 radical (unpaired) electrons. The van der Waals surface area contributed by atoms with Gasteiger partial charge in [-0.25, -0.2) is 0 Å².